The van der Waals surface area contributed by atoms with Crippen LogP contribution in [0, 0.1) is 5.82 Å². The standard InChI is InChI=1S/C18H20FN3O2/c19-16-4-2-1-3-14(16)7-8-20-18(23)17-6-5-15(13-21-17)22-9-11-24-12-10-22/h1-6,13H,7-12H2,(H,20,23). The predicted molar refractivity (Wildman–Crippen MR) is 89.7 cm³/mol. The molecule has 0 unspecified atom stereocenters. The highest BCUT2D eigenvalue weighted by molar-refractivity contribution is 5.92. The highest BCUT2D eigenvalue weighted by Crippen LogP contribution is 2.14. The van der Waals surface area contributed by atoms with Gasteiger partial charge in [-0.3, -0.25) is 4.79 Å². The molecular weight excluding hydrogens is 309 g/mol. The molecule has 126 valence electrons. The molecule has 0 radical (unpaired) electrons. The normalized spacial score (nSPS) is 14.5. The summed E-state index contributed by atoms with van der Waals surface area (Å²) in [5.41, 5.74) is 1.94. The molecule has 1 aliphatic heterocycles. The van der Waals surface area contributed by atoms with Crippen molar-refractivity contribution in [3.05, 3.63) is 59.7 Å². The first-order valence-electron chi connectivity index (χ1n) is 8.04. The second-order valence-electron chi connectivity index (χ2n) is 5.60. The van der Waals surface area contributed by atoms with Crippen molar-refractivity contribution >= 4 is 11.6 Å². The van der Waals surface area contributed by atoms with Crippen molar-refractivity contribution in [2.75, 3.05) is 37.7 Å². The van der Waals surface area contributed by atoms with Crippen LogP contribution in [0.4, 0.5) is 10.1 Å². The quantitative estimate of drug-likeness (QED) is 0.912. The SMILES string of the molecule is O=C(NCCc1ccccc1F)c1ccc(N2CCOCC2)cn1. The number of hydrogen-bond donors (Lipinski definition) is 1. The van der Waals surface area contributed by atoms with Gasteiger partial charge in [-0.05, 0) is 30.2 Å². The van der Waals surface area contributed by atoms with Gasteiger partial charge in [-0.2, -0.15) is 0 Å². The molecule has 1 saturated heterocycles. The minimum absolute atomic E-state index is 0.250. The summed E-state index contributed by atoms with van der Waals surface area (Å²) in [5, 5.41) is 2.77. The molecule has 3 rings (SSSR count). The van der Waals surface area contributed by atoms with Gasteiger partial charge in [0.05, 0.1) is 25.1 Å². The molecule has 1 amide bonds. The first-order chi connectivity index (χ1) is 11.7. The zero-order valence-corrected chi connectivity index (χ0v) is 13.4. The summed E-state index contributed by atoms with van der Waals surface area (Å²) in [4.78, 5) is 18.5. The average Bonchev–Trinajstić information content (AvgIpc) is 2.64. The molecule has 1 aromatic carbocycles. The van der Waals surface area contributed by atoms with E-state index in [2.05, 4.69) is 15.2 Å². The van der Waals surface area contributed by atoms with E-state index in [1.165, 1.54) is 6.07 Å². The van der Waals surface area contributed by atoms with Crippen molar-refractivity contribution < 1.29 is 13.9 Å². The number of carbonyl (C=O) groups is 1. The van der Waals surface area contributed by atoms with Crippen LogP contribution in [-0.2, 0) is 11.2 Å². The van der Waals surface area contributed by atoms with E-state index in [0.29, 0.717) is 37.4 Å². The van der Waals surface area contributed by atoms with E-state index in [1.54, 1.807) is 30.5 Å². The van der Waals surface area contributed by atoms with Crippen molar-refractivity contribution in [1.82, 2.24) is 10.3 Å². The number of hydrogen-bond acceptors (Lipinski definition) is 4. The van der Waals surface area contributed by atoms with Crippen LogP contribution in [0.5, 0.6) is 0 Å². The summed E-state index contributed by atoms with van der Waals surface area (Å²) in [6, 6.07) is 10.2. The molecule has 0 spiro atoms. The summed E-state index contributed by atoms with van der Waals surface area (Å²) in [7, 11) is 0. The lowest BCUT2D eigenvalue weighted by Gasteiger charge is -2.28. The van der Waals surface area contributed by atoms with Gasteiger partial charge < -0.3 is 15.0 Å². The van der Waals surface area contributed by atoms with Crippen LogP contribution in [0.25, 0.3) is 0 Å². The van der Waals surface area contributed by atoms with Gasteiger partial charge in [0, 0.05) is 19.6 Å². The van der Waals surface area contributed by atoms with Gasteiger partial charge in [-0.25, -0.2) is 9.37 Å². The van der Waals surface area contributed by atoms with Gasteiger partial charge in [0.1, 0.15) is 11.5 Å². The molecule has 2 heterocycles. The Hall–Kier alpha value is -2.47. The molecule has 24 heavy (non-hydrogen) atoms. The average molecular weight is 329 g/mol. The number of rotatable bonds is 5. The summed E-state index contributed by atoms with van der Waals surface area (Å²) < 4.78 is 18.8. The van der Waals surface area contributed by atoms with Crippen LogP contribution in [0.15, 0.2) is 42.6 Å². The highest BCUT2D eigenvalue weighted by Gasteiger charge is 2.13. The minimum Gasteiger partial charge on any atom is -0.378 e. The Morgan fingerprint density at radius 1 is 1.21 bits per heavy atom. The lowest BCUT2D eigenvalue weighted by atomic mass is 10.1. The van der Waals surface area contributed by atoms with E-state index in [4.69, 9.17) is 4.74 Å². The van der Waals surface area contributed by atoms with E-state index in [1.807, 2.05) is 6.07 Å². The molecular formula is C18H20FN3O2. The molecule has 1 fully saturated rings. The second kappa shape index (κ2) is 7.88. The Morgan fingerprint density at radius 3 is 2.71 bits per heavy atom. The van der Waals surface area contributed by atoms with Gasteiger partial charge in [0.2, 0.25) is 0 Å². The number of carbonyl (C=O) groups excluding carboxylic acids is 1. The molecule has 1 aromatic heterocycles. The van der Waals surface area contributed by atoms with Gasteiger partial charge in [0.15, 0.2) is 0 Å². The van der Waals surface area contributed by atoms with Crippen molar-refractivity contribution in [3.8, 4) is 0 Å². The first-order valence-corrected chi connectivity index (χ1v) is 8.04. The number of nitrogens with zero attached hydrogens (tertiary/aromatic N) is 2. The summed E-state index contributed by atoms with van der Waals surface area (Å²) in [5.74, 6) is -0.500. The number of halogens is 1. The maximum atomic E-state index is 13.5. The molecule has 0 bridgehead atoms. The maximum Gasteiger partial charge on any atom is 0.269 e. The van der Waals surface area contributed by atoms with E-state index < -0.39 is 0 Å². The Morgan fingerprint density at radius 2 is 2.00 bits per heavy atom. The van der Waals surface area contributed by atoms with Crippen molar-refractivity contribution in [2.45, 2.75) is 6.42 Å². The van der Waals surface area contributed by atoms with Gasteiger partial charge in [-0.15, -0.1) is 0 Å². The van der Waals surface area contributed by atoms with Gasteiger partial charge in [-0.1, -0.05) is 18.2 Å². The fourth-order valence-corrected chi connectivity index (χ4v) is 2.63. The highest BCUT2D eigenvalue weighted by atomic mass is 19.1. The number of benzene rings is 1. The number of pyridine rings is 1. The molecule has 1 N–H and O–H groups in total. The number of amides is 1. The lowest BCUT2D eigenvalue weighted by Crippen LogP contribution is -2.36. The predicted octanol–water partition coefficient (Wildman–Crippen LogP) is 2.03. The number of nitrogens with one attached hydrogen (secondary N) is 1. The lowest BCUT2D eigenvalue weighted by molar-refractivity contribution is 0.0949. The molecule has 5 nitrogen and oxygen atoms in total. The van der Waals surface area contributed by atoms with Crippen LogP contribution >= 0.6 is 0 Å². The molecule has 1 aliphatic rings. The minimum atomic E-state index is -0.250. The first kappa shape index (κ1) is 16.4. The monoisotopic (exact) mass is 329 g/mol. The van der Waals surface area contributed by atoms with Crippen molar-refractivity contribution in [1.29, 1.82) is 0 Å². The van der Waals surface area contributed by atoms with E-state index in [9.17, 15) is 9.18 Å². The largest absolute Gasteiger partial charge is 0.378 e. The van der Waals surface area contributed by atoms with Crippen LogP contribution in [0.1, 0.15) is 16.1 Å². The second-order valence-corrected chi connectivity index (χ2v) is 5.60. The van der Waals surface area contributed by atoms with Crippen molar-refractivity contribution in [2.24, 2.45) is 0 Å². The summed E-state index contributed by atoms with van der Waals surface area (Å²) in [6.07, 6.45) is 2.15. The number of ether oxygens (including phenoxy) is 1. The van der Waals surface area contributed by atoms with E-state index in [0.717, 1.165) is 18.8 Å². The Labute approximate surface area is 140 Å². The maximum absolute atomic E-state index is 13.5. The third-order valence-electron chi connectivity index (χ3n) is 3.99. The Bertz CT molecular complexity index is 685. The smallest absolute Gasteiger partial charge is 0.269 e. The van der Waals surface area contributed by atoms with Crippen molar-refractivity contribution in [3.63, 3.8) is 0 Å². The van der Waals surface area contributed by atoms with Crippen LogP contribution < -0.4 is 10.2 Å². The fourth-order valence-electron chi connectivity index (χ4n) is 2.63. The van der Waals surface area contributed by atoms with E-state index >= 15 is 0 Å². The molecule has 0 aliphatic carbocycles. The van der Waals surface area contributed by atoms with E-state index in [-0.39, 0.29) is 11.7 Å². The third-order valence-corrected chi connectivity index (χ3v) is 3.99. The summed E-state index contributed by atoms with van der Waals surface area (Å²) in [6.45, 7) is 3.44. The third kappa shape index (κ3) is 4.08. The van der Waals surface area contributed by atoms with Gasteiger partial charge in [0.25, 0.3) is 5.91 Å². The number of morpholine rings is 1. The summed E-state index contributed by atoms with van der Waals surface area (Å²) >= 11 is 0. The Balaban J connectivity index is 1.52. The number of anilines is 1. The van der Waals surface area contributed by atoms with Crippen LogP contribution in [-0.4, -0.2) is 43.7 Å². The molecule has 2 aromatic rings. The topological polar surface area (TPSA) is 54.5 Å². The molecule has 0 atom stereocenters. The zero-order valence-electron chi connectivity index (χ0n) is 13.4. The molecule has 0 saturated carbocycles. The zero-order chi connectivity index (χ0) is 16.8. The number of aromatic nitrogens is 1. The molecule has 6 heteroatoms. The fraction of sp³-hybridized carbons (Fsp3) is 0.333. The van der Waals surface area contributed by atoms with Crippen LogP contribution in [0.2, 0.25) is 0 Å². The van der Waals surface area contributed by atoms with Gasteiger partial charge >= 0.3 is 0 Å². The van der Waals surface area contributed by atoms with Crippen LogP contribution in [0.3, 0.4) is 0 Å². The Kier molecular flexibility index (Phi) is 5.38.